The smallest absolute Gasteiger partial charge is 0.417 e. The van der Waals surface area contributed by atoms with E-state index in [4.69, 9.17) is 10.00 Å². The second-order valence-corrected chi connectivity index (χ2v) is 8.68. The van der Waals surface area contributed by atoms with Crippen LogP contribution in [0.2, 0.25) is 0 Å². The van der Waals surface area contributed by atoms with E-state index in [1.807, 2.05) is 0 Å². The Hall–Kier alpha value is -2.56. The van der Waals surface area contributed by atoms with Crippen LogP contribution in [-0.4, -0.2) is 34.5 Å². The standard InChI is InChI=1S/C21H23F3N2O3/c1-20(2,3)29-19(28)26-15-6-7-16(26)9-14(8-15)18(27)12-4-5-13(11-25)17(10-12)21(22,23)24/h4-5,10,14-16H,6-9H2,1-3H3. The molecular formula is C21H23F3N2O3. The predicted octanol–water partition coefficient (Wildman–Crippen LogP) is 4.94. The number of alkyl halides is 3. The molecule has 0 radical (unpaired) electrons. The van der Waals surface area contributed by atoms with Gasteiger partial charge in [-0.1, -0.05) is 6.07 Å². The maximum atomic E-state index is 13.2. The molecule has 0 saturated carbocycles. The highest BCUT2D eigenvalue weighted by atomic mass is 19.4. The summed E-state index contributed by atoms with van der Waals surface area (Å²) < 4.78 is 45.1. The molecule has 2 aliphatic heterocycles. The molecule has 0 aromatic heterocycles. The average molecular weight is 408 g/mol. The van der Waals surface area contributed by atoms with Crippen molar-refractivity contribution in [2.75, 3.05) is 0 Å². The molecule has 1 aromatic rings. The van der Waals surface area contributed by atoms with Gasteiger partial charge in [0.05, 0.1) is 17.2 Å². The number of ketones is 1. The Morgan fingerprint density at radius 1 is 1.14 bits per heavy atom. The van der Waals surface area contributed by atoms with Crippen LogP contribution in [0.4, 0.5) is 18.0 Å². The average Bonchev–Trinajstić information content (AvgIpc) is 2.88. The Morgan fingerprint density at radius 3 is 2.21 bits per heavy atom. The van der Waals surface area contributed by atoms with Gasteiger partial charge in [0.2, 0.25) is 0 Å². The molecule has 1 amide bonds. The van der Waals surface area contributed by atoms with Crippen molar-refractivity contribution in [3.63, 3.8) is 0 Å². The van der Waals surface area contributed by atoms with Crippen LogP contribution in [0.1, 0.15) is 67.9 Å². The van der Waals surface area contributed by atoms with Crippen LogP contribution in [0, 0.1) is 17.2 Å². The first-order chi connectivity index (χ1) is 13.4. The van der Waals surface area contributed by atoms with E-state index in [0.717, 1.165) is 25.0 Å². The zero-order valence-corrected chi connectivity index (χ0v) is 16.5. The fraction of sp³-hybridized carbons (Fsp3) is 0.571. The third kappa shape index (κ3) is 4.39. The maximum Gasteiger partial charge on any atom is 0.417 e. The molecule has 2 unspecified atom stereocenters. The molecule has 0 aliphatic carbocycles. The van der Waals surface area contributed by atoms with Crippen LogP contribution in [0.5, 0.6) is 0 Å². The van der Waals surface area contributed by atoms with Crippen molar-refractivity contribution < 1.29 is 27.5 Å². The van der Waals surface area contributed by atoms with Crippen molar-refractivity contribution in [3.8, 4) is 6.07 Å². The van der Waals surface area contributed by atoms with Crippen LogP contribution in [-0.2, 0) is 10.9 Å². The number of fused-ring (bicyclic) bond motifs is 2. The molecule has 3 rings (SSSR count). The third-order valence-corrected chi connectivity index (χ3v) is 5.44. The van der Waals surface area contributed by atoms with Crippen molar-refractivity contribution in [1.82, 2.24) is 4.90 Å². The van der Waals surface area contributed by atoms with E-state index in [1.54, 1.807) is 25.7 Å². The largest absolute Gasteiger partial charge is 0.444 e. The highest BCUT2D eigenvalue weighted by molar-refractivity contribution is 5.98. The second kappa shape index (κ2) is 7.36. The van der Waals surface area contributed by atoms with Gasteiger partial charge < -0.3 is 9.64 Å². The van der Waals surface area contributed by atoms with Gasteiger partial charge in [-0.05, 0) is 58.6 Å². The molecule has 0 N–H and O–H groups in total. The van der Waals surface area contributed by atoms with Gasteiger partial charge >= 0.3 is 12.3 Å². The molecule has 2 aliphatic rings. The number of carbonyl (C=O) groups excluding carboxylic acids is 2. The second-order valence-electron chi connectivity index (χ2n) is 8.68. The van der Waals surface area contributed by atoms with E-state index in [1.165, 1.54) is 12.1 Å². The summed E-state index contributed by atoms with van der Waals surface area (Å²) in [5.74, 6) is -0.832. The van der Waals surface area contributed by atoms with Crippen molar-refractivity contribution in [2.24, 2.45) is 5.92 Å². The van der Waals surface area contributed by atoms with Crippen molar-refractivity contribution >= 4 is 11.9 Å². The molecule has 2 saturated heterocycles. The zero-order valence-electron chi connectivity index (χ0n) is 16.5. The number of ether oxygens (including phenoxy) is 1. The summed E-state index contributed by atoms with van der Waals surface area (Å²) >= 11 is 0. The number of nitrogens with zero attached hydrogens (tertiary/aromatic N) is 2. The lowest BCUT2D eigenvalue weighted by molar-refractivity contribution is -0.137. The minimum atomic E-state index is -4.71. The highest BCUT2D eigenvalue weighted by Gasteiger charge is 2.46. The summed E-state index contributed by atoms with van der Waals surface area (Å²) in [6, 6.07) is 4.30. The number of hydrogen-bond acceptors (Lipinski definition) is 4. The van der Waals surface area contributed by atoms with Gasteiger partial charge in [0.15, 0.2) is 5.78 Å². The van der Waals surface area contributed by atoms with E-state index in [9.17, 15) is 22.8 Å². The SMILES string of the molecule is CC(C)(C)OC(=O)N1C2CCC1CC(C(=O)c1ccc(C#N)c(C(F)(F)F)c1)C2. The van der Waals surface area contributed by atoms with Gasteiger partial charge in [-0.15, -0.1) is 0 Å². The molecule has 2 atom stereocenters. The monoisotopic (exact) mass is 408 g/mol. The molecule has 0 spiro atoms. The zero-order chi connectivity index (χ0) is 21.6. The number of benzene rings is 1. The van der Waals surface area contributed by atoms with Crippen molar-refractivity contribution in [2.45, 2.75) is 70.3 Å². The third-order valence-electron chi connectivity index (χ3n) is 5.44. The molecule has 2 bridgehead atoms. The fourth-order valence-electron chi connectivity index (χ4n) is 4.27. The van der Waals surface area contributed by atoms with Gasteiger partial charge in [0, 0.05) is 23.6 Å². The van der Waals surface area contributed by atoms with E-state index in [-0.39, 0.29) is 23.4 Å². The highest BCUT2D eigenvalue weighted by Crippen LogP contribution is 2.41. The summed E-state index contributed by atoms with van der Waals surface area (Å²) in [5, 5.41) is 8.92. The molecule has 2 fully saturated rings. The first-order valence-electron chi connectivity index (χ1n) is 9.57. The minimum absolute atomic E-state index is 0.0496. The number of carbonyl (C=O) groups is 2. The predicted molar refractivity (Wildman–Crippen MR) is 98.1 cm³/mol. The van der Waals surface area contributed by atoms with E-state index in [0.29, 0.717) is 12.8 Å². The van der Waals surface area contributed by atoms with E-state index >= 15 is 0 Å². The topological polar surface area (TPSA) is 70.4 Å². The van der Waals surface area contributed by atoms with Crippen molar-refractivity contribution in [3.05, 3.63) is 34.9 Å². The molecule has 8 heteroatoms. The Morgan fingerprint density at radius 2 is 1.72 bits per heavy atom. The molecule has 2 heterocycles. The van der Waals surface area contributed by atoms with Crippen LogP contribution in [0.15, 0.2) is 18.2 Å². The number of halogens is 3. The van der Waals surface area contributed by atoms with Crippen LogP contribution in [0.25, 0.3) is 0 Å². The number of piperidine rings is 1. The van der Waals surface area contributed by atoms with Crippen LogP contribution < -0.4 is 0 Å². The number of hydrogen-bond donors (Lipinski definition) is 0. The first kappa shape index (κ1) is 21.2. The van der Waals surface area contributed by atoms with Crippen molar-refractivity contribution in [1.29, 1.82) is 5.26 Å². The lowest BCUT2D eigenvalue weighted by Gasteiger charge is -2.39. The summed E-state index contributed by atoms with van der Waals surface area (Å²) in [7, 11) is 0. The molecule has 156 valence electrons. The number of rotatable bonds is 2. The number of Topliss-reactive ketones (excluding diaryl/α,β-unsaturated/α-hetero) is 1. The Labute approximate surface area is 167 Å². The molecule has 1 aromatic carbocycles. The normalized spacial score (nSPS) is 24.2. The van der Waals surface area contributed by atoms with Gasteiger partial charge in [0.25, 0.3) is 0 Å². The Balaban J connectivity index is 1.78. The Kier molecular flexibility index (Phi) is 5.37. The lowest BCUT2D eigenvalue weighted by Crippen LogP contribution is -2.49. The molecule has 5 nitrogen and oxygen atoms in total. The van der Waals surface area contributed by atoms with E-state index < -0.39 is 34.9 Å². The van der Waals surface area contributed by atoms with Crippen LogP contribution in [0.3, 0.4) is 0 Å². The summed E-state index contributed by atoms with van der Waals surface area (Å²) in [6.07, 6.45) is -2.83. The molecular weight excluding hydrogens is 385 g/mol. The summed E-state index contributed by atoms with van der Waals surface area (Å²) in [6.45, 7) is 5.35. The fourth-order valence-corrected chi connectivity index (χ4v) is 4.27. The van der Waals surface area contributed by atoms with Gasteiger partial charge in [-0.3, -0.25) is 4.79 Å². The number of amides is 1. The first-order valence-corrected chi connectivity index (χ1v) is 9.57. The molecule has 29 heavy (non-hydrogen) atoms. The van der Waals surface area contributed by atoms with Crippen LogP contribution >= 0.6 is 0 Å². The maximum absolute atomic E-state index is 13.2. The summed E-state index contributed by atoms with van der Waals surface area (Å²) in [5.41, 5.74) is -2.28. The van der Waals surface area contributed by atoms with Gasteiger partial charge in [-0.25, -0.2) is 4.79 Å². The number of nitriles is 1. The van der Waals surface area contributed by atoms with Gasteiger partial charge in [0.1, 0.15) is 5.60 Å². The summed E-state index contributed by atoms with van der Waals surface area (Å²) in [4.78, 5) is 27.1. The lowest BCUT2D eigenvalue weighted by atomic mass is 9.84. The quantitative estimate of drug-likeness (QED) is 0.650. The Bertz CT molecular complexity index is 853. The minimum Gasteiger partial charge on any atom is -0.444 e. The van der Waals surface area contributed by atoms with Gasteiger partial charge in [-0.2, -0.15) is 18.4 Å². The van der Waals surface area contributed by atoms with E-state index in [2.05, 4.69) is 0 Å².